The van der Waals surface area contributed by atoms with E-state index in [0.29, 0.717) is 6.04 Å². The van der Waals surface area contributed by atoms with Crippen molar-refractivity contribution >= 4 is 23.4 Å². The van der Waals surface area contributed by atoms with Gasteiger partial charge in [-0.2, -0.15) is 0 Å². The van der Waals surface area contributed by atoms with Gasteiger partial charge in [-0.05, 0) is 50.6 Å². The summed E-state index contributed by atoms with van der Waals surface area (Å²) in [6, 6.07) is 8.73. The Morgan fingerprint density at radius 2 is 2.06 bits per heavy atom. The fraction of sp³-hybridized carbons (Fsp3) is 0.600. The van der Waals surface area contributed by atoms with Crippen molar-refractivity contribution < 1.29 is 0 Å². The molecule has 0 saturated carbocycles. The number of hydrogen-bond donors (Lipinski definition) is 1. The average molecular weight is 286 g/mol. The minimum Gasteiger partial charge on any atom is -0.314 e. The summed E-state index contributed by atoms with van der Waals surface area (Å²) < 4.78 is 0. The van der Waals surface area contributed by atoms with Gasteiger partial charge in [0.25, 0.3) is 0 Å². The maximum absolute atomic E-state index is 6.11. The highest BCUT2D eigenvalue weighted by molar-refractivity contribution is 7.99. The van der Waals surface area contributed by atoms with Gasteiger partial charge in [-0.1, -0.05) is 37.1 Å². The number of nitrogens with one attached hydrogen (secondary N) is 1. The third-order valence-corrected chi connectivity index (χ3v) is 4.47. The zero-order chi connectivity index (χ0) is 13.2. The third-order valence-electron chi connectivity index (χ3n) is 2.87. The van der Waals surface area contributed by atoms with Crippen molar-refractivity contribution in [2.45, 2.75) is 50.5 Å². The first-order valence-electron chi connectivity index (χ1n) is 6.84. The molecule has 0 fully saturated rings. The summed E-state index contributed by atoms with van der Waals surface area (Å²) in [7, 11) is 0. The molecule has 102 valence electrons. The lowest BCUT2D eigenvalue weighted by Crippen LogP contribution is -2.26. The van der Waals surface area contributed by atoms with Gasteiger partial charge in [-0.15, -0.1) is 11.8 Å². The summed E-state index contributed by atoms with van der Waals surface area (Å²) in [5.74, 6) is 1.16. The Labute approximate surface area is 121 Å². The van der Waals surface area contributed by atoms with Crippen LogP contribution in [0.2, 0.25) is 5.02 Å². The predicted molar refractivity (Wildman–Crippen MR) is 83.8 cm³/mol. The van der Waals surface area contributed by atoms with Gasteiger partial charge in [-0.25, -0.2) is 0 Å². The van der Waals surface area contributed by atoms with E-state index in [9.17, 15) is 0 Å². The second-order valence-corrected chi connectivity index (χ2v) is 6.17. The summed E-state index contributed by atoms with van der Waals surface area (Å²) in [5, 5.41) is 4.40. The van der Waals surface area contributed by atoms with Crippen LogP contribution in [0.3, 0.4) is 0 Å². The first-order chi connectivity index (χ1) is 8.74. The molecule has 1 aromatic rings. The molecule has 1 unspecified atom stereocenters. The second-order valence-electron chi connectivity index (χ2n) is 4.63. The Morgan fingerprint density at radius 3 is 2.78 bits per heavy atom. The van der Waals surface area contributed by atoms with E-state index < -0.39 is 0 Å². The SMILES string of the molecule is CCCNC(C)CCCCSc1ccccc1Cl. The van der Waals surface area contributed by atoms with Crippen molar-refractivity contribution in [3.8, 4) is 0 Å². The first kappa shape index (κ1) is 15.9. The van der Waals surface area contributed by atoms with E-state index in [-0.39, 0.29) is 0 Å². The lowest BCUT2D eigenvalue weighted by molar-refractivity contribution is 0.496. The minimum absolute atomic E-state index is 0.648. The first-order valence-corrected chi connectivity index (χ1v) is 8.21. The van der Waals surface area contributed by atoms with Crippen molar-refractivity contribution in [2.75, 3.05) is 12.3 Å². The second kappa shape index (κ2) is 9.71. The van der Waals surface area contributed by atoms with Gasteiger partial charge in [0.1, 0.15) is 0 Å². The molecule has 0 aliphatic carbocycles. The van der Waals surface area contributed by atoms with Crippen molar-refractivity contribution in [1.82, 2.24) is 5.32 Å². The molecule has 1 aromatic carbocycles. The summed E-state index contributed by atoms with van der Waals surface area (Å²) >= 11 is 7.98. The molecule has 0 aliphatic heterocycles. The Bertz CT molecular complexity index is 330. The fourth-order valence-corrected chi connectivity index (χ4v) is 3.04. The molecule has 18 heavy (non-hydrogen) atoms. The van der Waals surface area contributed by atoms with Crippen LogP contribution >= 0.6 is 23.4 Å². The van der Waals surface area contributed by atoms with Crippen LogP contribution in [0.5, 0.6) is 0 Å². The molecule has 0 aliphatic rings. The van der Waals surface area contributed by atoms with Crippen LogP contribution in [0.25, 0.3) is 0 Å². The molecular formula is C15H24ClNS. The average Bonchev–Trinajstić information content (AvgIpc) is 2.38. The summed E-state index contributed by atoms with van der Waals surface area (Å²) in [6.07, 6.45) is 5.03. The minimum atomic E-state index is 0.648. The van der Waals surface area contributed by atoms with Gasteiger partial charge in [0, 0.05) is 10.9 Å². The zero-order valence-electron chi connectivity index (χ0n) is 11.4. The summed E-state index contributed by atoms with van der Waals surface area (Å²) in [4.78, 5) is 1.20. The molecule has 0 amide bonds. The normalized spacial score (nSPS) is 12.6. The number of hydrogen-bond acceptors (Lipinski definition) is 2. The fourth-order valence-electron chi connectivity index (χ4n) is 1.79. The van der Waals surface area contributed by atoms with E-state index in [1.54, 1.807) is 0 Å². The van der Waals surface area contributed by atoms with E-state index in [1.165, 1.54) is 30.6 Å². The zero-order valence-corrected chi connectivity index (χ0v) is 13.0. The highest BCUT2D eigenvalue weighted by Crippen LogP contribution is 2.27. The van der Waals surface area contributed by atoms with Gasteiger partial charge >= 0.3 is 0 Å². The molecule has 1 atom stereocenters. The topological polar surface area (TPSA) is 12.0 Å². The standard InChI is InChI=1S/C15H24ClNS/c1-3-11-17-13(2)8-6-7-12-18-15-10-5-4-9-14(15)16/h4-5,9-10,13,17H,3,6-8,11-12H2,1-2H3. The van der Waals surface area contributed by atoms with Crippen LogP contribution < -0.4 is 5.32 Å². The molecule has 1 N–H and O–H groups in total. The van der Waals surface area contributed by atoms with Crippen molar-refractivity contribution in [1.29, 1.82) is 0 Å². The number of unbranched alkanes of at least 4 members (excludes halogenated alkanes) is 1. The van der Waals surface area contributed by atoms with Gasteiger partial charge in [0.05, 0.1) is 5.02 Å². The Morgan fingerprint density at radius 1 is 1.28 bits per heavy atom. The van der Waals surface area contributed by atoms with Crippen LogP contribution in [0.1, 0.15) is 39.5 Å². The van der Waals surface area contributed by atoms with Gasteiger partial charge in [0.2, 0.25) is 0 Å². The van der Waals surface area contributed by atoms with E-state index in [4.69, 9.17) is 11.6 Å². The van der Waals surface area contributed by atoms with E-state index in [2.05, 4.69) is 25.2 Å². The maximum Gasteiger partial charge on any atom is 0.0541 e. The smallest absolute Gasteiger partial charge is 0.0541 e. The van der Waals surface area contributed by atoms with Crippen molar-refractivity contribution in [3.05, 3.63) is 29.3 Å². The molecule has 0 saturated heterocycles. The number of halogens is 1. The van der Waals surface area contributed by atoms with Crippen molar-refractivity contribution in [3.63, 3.8) is 0 Å². The van der Waals surface area contributed by atoms with E-state index in [0.717, 1.165) is 17.3 Å². The Balaban J connectivity index is 2.07. The maximum atomic E-state index is 6.11. The summed E-state index contributed by atoms with van der Waals surface area (Å²) in [6.45, 7) is 5.62. The number of rotatable bonds is 9. The van der Waals surface area contributed by atoms with Gasteiger partial charge in [-0.3, -0.25) is 0 Å². The predicted octanol–water partition coefficient (Wildman–Crippen LogP) is 4.99. The summed E-state index contributed by atoms with van der Waals surface area (Å²) in [5.41, 5.74) is 0. The molecule has 0 aromatic heterocycles. The Hall–Kier alpha value is -0.180. The highest BCUT2D eigenvalue weighted by atomic mass is 35.5. The quantitative estimate of drug-likeness (QED) is 0.507. The molecule has 1 nitrogen and oxygen atoms in total. The van der Waals surface area contributed by atoms with Crippen LogP contribution in [-0.4, -0.2) is 18.3 Å². The molecule has 3 heteroatoms. The van der Waals surface area contributed by atoms with Crippen LogP contribution in [0.15, 0.2) is 29.2 Å². The van der Waals surface area contributed by atoms with Gasteiger partial charge in [0.15, 0.2) is 0 Å². The van der Waals surface area contributed by atoms with E-state index in [1.807, 2.05) is 30.0 Å². The molecule has 0 radical (unpaired) electrons. The van der Waals surface area contributed by atoms with Crippen LogP contribution in [-0.2, 0) is 0 Å². The van der Waals surface area contributed by atoms with Crippen molar-refractivity contribution in [2.24, 2.45) is 0 Å². The lowest BCUT2D eigenvalue weighted by atomic mass is 10.1. The van der Waals surface area contributed by atoms with E-state index >= 15 is 0 Å². The third kappa shape index (κ3) is 6.67. The van der Waals surface area contributed by atoms with Crippen LogP contribution in [0, 0.1) is 0 Å². The number of thioether (sulfide) groups is 1. The molecular weight excluding hydrogens is 262 g/mol. The molecule has 0 heterocycles. The van der Waals surface area contributed by atoms with Crippen LogP contribution in [0.4, 0.5) is 0 Å². The molecule has 1 rings (SSSR count). The van der Waals surface area contributed by atoms with Gasteiger partial charge < -0.3 is 5.32 Å². The lowest BCUT2D eigenvalue weighted by Gasteiger charge is -2.12. The number of benzene rings is 1. The largest absolute Gasteiger partial charge is 0.314 e. The molecule has 0 bridgehead atoms. The monoisotopic (exact) mass is 285 g/mol. The Kier molecular flexibility index (Phi) is 8.57. The molecule has 0 spiro atoms. The highest BCUT2D eigenvalue weighted by Gasteiger charge is 2.01.